The molecule has 1 aromatic heterocycles. The number of aromatic nitrogens is 2. The number of benzene rings is 1. The number of hydrogen-bond acceptors (Lipinski definition) is 2. The molecule has 0 amide bonds. The first-order valence-electron chi connectivity index (χ1n) is 8.51. The molecule has 0 saturated heterocycles. The van der Waals surface area contributed by atoms with E-state index in [1.807, 2.05) is 0 Å². The summed E-state index contributed by atoms with van der Waals surface area (Å²) in [6, 6.07) is 8.47. The molecule has 116 valence electrons. The van der Waals surface area contributed by atoms with E-state index in [1.54, 1.807) is 0 Å². The minimum Gasteiger partial charge on any atom is -0.327 e. The maximum absolute atomic E-state index is 4.78. The first-order chi connectivity index (χ1) is 10.4. The molecule has 0 atom stereocenters. The molecule has 2 aromatic rings. The van der Waals surface area contributed by atoms with Crippen LogP contribution in [0.25, 0.3) is 11.0 Å². The minimum absolute atomic E-state index is 1.02. The van der Waals surface area contributed by atoms with Gasteiger partial charge >= 0.3 is 0 Å². The number of nitrogens with one attached hydrogen (secondary N) is 1. The summed E-state index contributed by atoms with van der Waals surface area (Å²) in [4.78, 5) is 4.78. The lowest BCUT2D eigenvalue weighted by Gasteiger charge is -2.10. The van der Waals surface area contributed by atoms with Crippen LogP contribution >= 0.6 is 0 Å². The molecule has 1 heterocycles. The predicted molar refractivity (Wildman–Crippen MR) is 90.7 cm³/mol. The van der Waals surface area contributed by atoms with Crippen LogP contribution in [0.3, 0.4) is 0 Å². The molecule has 0 aliphatic rings. The second-order valence-corrected chi connectivity index (χ2v) is 5.73. The molecule has 0 unspecified atom stereocenters. The van der Waals surface area contributed by atoms with Crippen LogP contribution in [0, 0.1) is 0 Å². The Morgan fingerprint density at radius 2 is 1.86 bits per heavy atom. The highest BCUT2D eigenvalue weighted by Gasteiger charge is 2.08. The lowest BCUT2D eigenvalue weighted by atomic mass is 10.2. The van der Waals surface area contributed by atoms with Crippen LogP contribution in [0.4, 0.5) is 0 Å². The second-order valence-electron chi connectivity index (χ2n) is 5.73. The number of unbranched alkanes of at least 4 members (excludes halogenated alkanes) is 3. The number of aryl methyl sites for hydroxylation is 1. The quantitative estimate of drug-likeness (QED) is 0.665. The van der Waals surface area contributed by atoms with Crippen molar-refractivity contribution in [1.29, 1.82) is 0 Å². The smallest absolute Gasteiger partial charge is 0.109 e. The zero-order chi connectivity index (χ0) is 14.9. The fourth-order valence-corrected chi connectivity index (χ4v) is 2.78. The fourth-order valence-electron chi connectivity index (χ4n) is 2.78. The van der Waals surface area contributed by atoms with Gasteiger partial charge < -0.3 is 9.88 Å². The van der Waals surface area contributed by atoms with E-state index in [2.05, 4.69) is 48.0 Å². The van der Waals surface area contributed by atoms with Gasteiger partial charge in [-0.25, -0.2) is 4.98 Å². The van der Waals surface area contributed by atoms with Crippen LogP contribution in [-0.4, -0.2) is 22.6 Å². The second kappa shape index (κ2) is 8.83. The van der Waals surface area contributed by atoms with Crippen molar-refractivity contribution in [2.24, 2.45) is 0 Å². The Balaban J connectivity index is 1.89. The summed E-state index contributed by atoms with van der Waals surface area (Å²) in [6.07, 6.45) is 7.51. The van der Waals surface area contributed by atoms with Crippen molar-refractivity contribution in [2.75, 3.05) is 13.1 Å². The van der Waals surface area contributed by atoms with Crippen LogP contribution in [0.1, 0.15) is 51.8 Å². The summed E-state index contributed by atoms with van der Waals surface area (Å²) < 4.78 is 2.39. The van der Waals surface area contributed by atoms with Crippen molar-refractivity contribution in [3.63, 3.8) is 0 Å². The zero-order valence-electron chi connectivity index (χ0n) is 13.6. The van der Waals surface area contributed by atoms with Gasteiger partial charge in [-0.15, -0.1) is 0 Å². The van der Waals surface area contributed by atoms with Crippen molar-refractivity contribution < 1.29 is 0 Å². The topological polar surface area (TPSA) is 29.9 Å². The Labute approximate surface area is 128 Å². The van der Waals surface area contributed by atoms with Gasteiger partial charge in [0.05, 0.1) is 11.0 Å². The van der Waals surface area contributed by atoms with Crippen molar-refractivity contribution in [3.8, 4) is 0 Å². The minimum atomic E-state index is 1.02. The van der Waals surface area contributed by atoms with Crippen LogP contribution in [0.5, 0.6) is 0 Å². The van der Waals surface area contributed by atoms with Crippen LogP contribution in [0.2, 0.25) is 0 Å². The number of imidazole rings is 1. The first-order valence-corrected chi connectivity index (χ1v) is 8.51. The molecule has 3 heteroatoms. The predicted octanol–water partition coefficient (Wildman–Crippen LogP) is 4.16. The third kappa shape index (κ3) is 4.57. The van der Waals surface area contributed by atoms with E-state index in [4.69, 9.17) is 4.98 Å². The molecule has 2 rings (SSSR count). The van der Waals surface area contributed by atoms with E-state index in [-0.39, 0.29) is 0 Å². The highest BCUT2D eigenvalue weighted by Crippen LogP contribution is 2.16. The van der Waals surface area contributed by atoms with Gasteiger partial charge in [0.1, 0.15) is 5.82 Å². The molecular weight excluding hydrogens is 258 g/mol. The summed E-state index contributed by atoms with van der Waals surface area (Å²) in [5, 5.41) is 3.57. The normalized spacial score (nSPS) is 11.3. The summed E-state index contributed by atoms with van der Waals surface area (Å²) in [6.45, 7) is 7.66. The molecule has 1 aromatic carbocycles. The molecule has 0 aliphatic carbocycles. The average molecular weight is 287 g/mol. The van der Waals surface area contributed by atoms with Crippen LogP contribution in [-0.2, 0) is 13.0 Å². The molecule has 0 spiro atoms. The van der Waals surface area contributed by atoms with Crippen LogP contribution in [0.15, 0.2) is 24.3 Å². The molecular formula is C18H29N3. The van der Waals surface area contributed by atoms with Gasteiger partial charge in [0, 0.05) is 19.5 Å². The molecule has 0 bridgehead atoms. The van der Waals surface area contributed by atoms with E-state index >= 15 is 0 Å². The number of para-hydroxylation sites is 2. The molecule has 3 nitrogen and oxygen atoms in total. The Hall–Kier alpha value is -1.35. The fraction of sp³-hybridized carbons (Fsp3) is 0.611. The van der Waals surface area contributed by atoms with Gasteiger partial charge in [0.25, 0.3) is 0 Å². The lowest BCUT2D eigenvalue weighted by molar-refractivity contribution is 0.556. The van der Waals surface area contributed by atoms with Crippen molar-refractivity contribution in [2.45, 2.75) is 58.9 Å². The zero-order valence-corrected chi connectivity index (χ0v) is 13.6. The lowest BCUT2D eigenvalue weighted by Crippen LogP contribution is -2.22. The number of fused-ring (bicyclic) bond motifs is 1. The SMILES string of the molecule is CCCCCCNCCn1c(CCC)nc2ccccc21. The Kier molecular flexibility index (Phi) is 6.74. The number of rotatable bonds is 10. The Morgan fingerprint density at radius 1 is 1.00 bits per heavy atom. The van der Waals surface area contributed by atoms with E-state index in [1.165, 1.54) is 37.0 Å². The molecule has 0 saturated carbocycles. The Bertz CT molecular complexity index is 530. The van der Waals surface area contributed by atoms with Gasteiger partial charge in [-0.3, -0.25) is 0 Å². The van der Waals surface area contributed by atoms with Crippen molar-refractivity contribution >= 4 is 11.0 Å². The van der Waals surface area contributed by atoms with Gasteiger partial charge in [-0.2, -0.15) is 0 Å². The largest absolute Gasteiger partial charge is 0.327 e. The highest BCUT2D eigenvalue weighted by molar-refractivity contribution is 5.75. The number of nitrogens with zero attached hydrogens (tertiary/aromatic N) is 2. The van der Waals surface area contributed by atoms with E-state index in [0.29, 0.717) is 0 Å². The third-order valence-corrected chi connectivity index (χ3v) is 3.93. The average Bonchev–Trinajstić information content (AvgIpc) is 2.84. The summed E-state index contributed by atoms with van der Waals surface area (Å²) in [5.74, 6) is 1.23. The van der Waals surface area contributed by atoms with E-state index < -0.39 is 0 Å². The van der Waals surface area contributed by atoms with Gasteiger partial charge in [0.15, 0.2) is 0 Å². The molecule has 21 heavy (non-hydrogen) atoms. The Morgan fingerprint density at radius 3 is 2.67 bits per heavy atom. The van der Waals surface area contributed by atoms with Gasteiger partial charge in [-0.1, -0.05) is 45.2 Å². The molecule has 1 N–H and O–H groups in total. The van der Waals surface area contributed by atoms with Crippen molar-refractivity contribution in [3.05, 3.63) is 30.1 Å². The molecule has 0 fully saturated rings. The van der Waals surface area contributed by atoms with Crippen LogP contribution < -0.4 is 5.32 Å². The molecule has 0 aliphatic heterocycles. The van der Waals surface area contributed by atoms with Gasteiger partial charge in [-0.05, 0) is 31.5 Å². The van der Waals surface area contributed by atoms with E-state index in [9.17, 15) is 0 Å². The number of hydrogen-bond donors (Lipinski definition) is 1. The summed E-state index contributed by atoms with van der Waals surface area (Å²) >= 11 is 0. The monoisotopic (exact) mass is 287 g/mol. The standard InChI is InChI=1S/C18H29N3/c1-3-5-6-9-13-19-14-15-21-17-12-8-7-11-16(17)20-18(21)10-4-2/h7-8,11-12,19H,3-6,9-10,13-15H2,1-2H3. The maximum atomic E-state index is 4.78. The van der Waals surface area contributed by atoms with Gasteiger partial charge in [0.2, 0.25) is 0 Å². The summed E-state index contributed by atoms with van der Waals surface area (Å²) in [5.41, 5.74) is 2.40. The molecule has 0 radical (unpaired) electrons. The van der Waals surface area contributed by atoms with E-state index in [0.717, 1.165) is 38.0 Å². The third-order valence-electron chi connectivity index (χ3n) is 3.93. The maximum Gasteiger partial charge on any atom is 0.109 e. The first kappa shape index (κ1) is 16.0. The van der Waals surface area contributed by atoms with Crippen molar-refractivity contribution in [1.82, 2.24) is 14.9 Å². The highest BCUT2D eigenvalue weighted by atomic mass is 15.1. The summed E-state index contributed by atoms with van der Waals surface area (Å²) in [7, 11) is 0.